The Morgan fingerprint density at radius 1 is 1.17 bits per heavy atom. The van der Waals surface area contributed by atoms with E-state index < -0.39 is 5.97 Å². The van der Waals surface area contributed by atoms with E-state index in [1.165, 1.54) is 3.93 Å². The number of hydrogen-bond donors (Lipinski definition) is 0. The third-order valence-electron chi connectivity index (χ3n) is 2.44. The Morgan fingerprint density at radius 2 is 1.56 bits per heavy atom. The smallest absolute Gasteiger partial charge is 0.320 e. The third-order valence-corrected chi connectivity index (χ3v) is 5.55. The summed E-state index contributed by atoms with van der Waals surface area (Å²) in [5.74, 6) is -1.96. The number of halogens is 1. The maximum atomic E-state index is 12.5. The molecule has 0 spiro atoms. The lowest BCUT2D eigenvalue weighted by Crippen LogP contribution is -2.54. The summed E-state index contributed by atoms with van der Waals surface area (Å²) in [6.45, 7) is 8.45. The molecule has 7 heteroatoms. The van der Waals surface area contributed by atoms with Crippen LogP contribution in [-0.4, -0.2) is 51.5 Å². The second kappa shape index (κ2) is 9.03. The van der Waals surface area contributed by atoms with E-state index in [-0.39, 0.29) is 11.6 Å². The van der Waals surface area contributed by atoms with Crippen LogP contribution in [0.1, 0.15) is 34.1 Å². The van der Waals surface area contributed by atoms with Crippen molar-refractivity contribution in [2.75, 3.05) is 19.8 Å². The van der Waals surface area contributed by atoms with Gasteiger partial charge in [-0.25, -0.2) is 0 Å². The van der Waals surface area contributed by atoms with Crippen molar-refractivity contribution in [3.63, 3.8) is 0 Å². The molecule has 0 saturated heterocycles. The number of nitrogens with zero attached hydrogens (tertiary/aromatic N) is 1. The fourth-order valence-electron chi connectivity index (χ4n) is 1.37. The molecule has 0 aliphatic rings. The maximum absolute atomic E-state index is 12.5. The molecule has 0 aliphatic heterocycles. The van der Waals surface area contributed by atoms with Gasteiger partial charge in [-0.05, 0) is 27.2 Å². The number of ether oxygens (including phenoxy) is 3. The molecule has 108 valence electrons. The summed E-state index contributed by atoms with van der Waals surface area (Å²) in [6, 6.07) is 0. The van der Waals surface area contributed by atoms with Crippen molar-refractivity contribution in [3.8, 4) is 0 Å². The topological polar surface area (TPSA) is 48.0 Å². The molecule has 0 aromatic rings. The summed E-state index contributed by atoms with van der Waals surface area (Å²) >= 11 is 3.29. The minimum atomic E-state index is -1.63. The average molecular weight is 342 g/mol. The number of carbonyl (C=O) groups is 1. The zero-order valence-corrected chi connectivity index (χ0v) is 15.4. The lowest BCUT2D eigenvalue weighted by atomic mass is 10.4. The van der Waals surface area contributed by atoms with Gasteiger partial charge in [0.15, 0.2) is 0 Å². The lowest BCUT2D eigenvalue weighted by Gasteiger charge is -2.34. The van der Waals surface area contributed by atoms with Crippen LogP contribution in [0.15, 0.2) is 0 Å². The van der Waals surface area contributed by atoms with Crippen LogP contribution in [0, 0.1) is 0 Å². The van der Waals surface area contributed by atoms with Gasteiger partial charge in [0, 0.05) is 15.9 Å². The summed E-state index contributed by atoms with van der Waals surface area (Å²) in [6.07, 6.45) is 0.879. The summed E-state index contributed by atoms with van der Waals surface area (Å²) in [4.78, 5) is 12.5. The fourth-order valence-corrected chi connectivity index (χ4v) is 2.11. The fraction of sp³-hybridized carbons (Fsp3) is 0.909. The van der Waals surface area contributed by atoms with Crippen molar-refractivity contribution < 1.29 is 19.0 Å². The Kier molecular flexibility index (Phi) is 9.05. The van der Waals surface area contributed by atoms with Gasteiger partial charge >= 0.3 is 11.9 Å². The molecule has 1 amide bonds. The van der Waals surface area contributed by atoms with Gasteiger partial charge in [0.1, 0.15) is 0 Å². The highest BCUT2D eigenvalue weighted by atomic mass is 79.9. The molecule has 1 unspecified atom stereocenters. The summed E-state index contributed by atoms with van der Waals surface area (Å²) < 4.78 is 17.8. The van der Waals surface area contributed by atoms with Gasteiger partial charge in [-0.2, -0.15) is 0 Å². The van der Waals surface area contributed by atoms with Crippen LogP contribution in [0.3, 0.4) is 0 Å². The maximum Gasteiger partial charge on any atom is 0.368 e. The van der Waals surface area contributed by atoms with Gasteiger partial charge in [-0.1, -0.05) is 6.92 Å². The third kappa shape index (κ3) is 4.62. The summed E-state index contributed by atoms with van der Waals surface area (Å²) in [5.41, 5.74) is 0.165. The SMILES string of the molecule is CCOC(OCC)(OCC)C(=O)N(Br)C([SiH3])CC. The van der Waals surface area contributed by atoms with Gasteiger partial charge in [-0.3, -0.25) is 8.72 Å². The van der Waals surface area contributed by atoms with Gasteiger partial charge in [0.2, 0.25) is 0 Å². The highest BCUT2D eigenvalue weighted by Gasteiger charge is 2.45. The van der Waals surface area contributed by atoms with E-state index in [4.69, 9.17) is 14.2 Å². The largest absolute Gasteiger partial charge is 0.368 e. The minimum Gasteiger partial charge on any atom is -0.320 e. The zero-order valence-electron chi connectivity index (χ0n) is 11.9. The van der Waals surface area contributed by atoms with Gasteiger partial charge in [0.25, 0.3) is 0 Å². The molecule has 0 radical (unpaired) electrons. The highest BCUT2D eigenvalue weighted by molar-refractivity contribution is 9.07. The molecule has 0 bridgehead atoms. The zero-order chi connectivity index (χ0) is 14.2. The molecular weight excluding hydrogens is 318 g/mol. The van der Waals surface area contributed by atoms with Crippen molar-refractivity contribution >= 4 is 32.3 Å². The first-order valence-corrected chi connectivity index (χ1v) is 8.26. The van der Waals surface area contributed by atoms with Gasteiger partial charge < -0.3 is 14.2 Å². The Labute approximate surface area is 121 Å². The predicted octanol–water partition coefficient (Wildman–Crippen LogP) is 0.990. The molecule has 0 aromatic heterocycles. The number of hydrogen-bond acceptors (Lipinski definition) is 4. The normalized spacial score (nSPS) is 13.6. The van der Waals surface area contributed by atoms with E-state index >= 15 is 0 Å². The standard InChI is InChI=1S/C11H24BrNO4Si/c1-5-9(18)13(12)10(14)11(15-6-2,16-7-3)17-8-4/h9H,5-8H2,1-4,18H3. The molecular formula is C11H24BrNO4Si. The van der Waals surface area contributed by atoms with Crippen LogP contribution in [0.4, 0.5) is 0 Å². The quantitative estimate of drug-likeness (QED) is 0.356. The molecule has 0 heterocycles. The van der Waals surface area contributed by atoms with Crippen LogP contribution in [0.25, 0.3) is 0 Å². The van der Waals surface area contributed by atoms with Crippen LogP contribution in [0.2, 0.25) is 0 Å². The highest BCUT2D eigenvalue weighted by Crippen LogP contribution is 2.23. The Morgan fingerprint density at radius 3 is 1.83 bits per heavy atom. The monoisotopic (exact) mass is 341 g/mol. The summed E-state index contributed by atoms with van der Waals surface area (Å²) in [5, 5.41) is 0. The van der Waals surface area contributed by atoms with E-state index in [1.54, 1.807) is 20.8 Å². The minimum absolute atomic E-state index is 0.165. The second-order valence-corrected chi connectivity index (χ2v) is 5.83. The number of rotatable bonds is 9. The van der Waals surface area contributed by atoms with Crippen molar-refractivity contribution in [1.82, 2.24) is 3.93 Å². The first-order valence-electron chi connectivity index (χ1n) is 6.40. The number of carbonyl (C=O) groups excluding carboxylic acids is 1. The van der Waals surface area contributed by atoms with E-state index in [0.717, 1.165) is 16.7 Å². The van der Waals surface area contributed by atoms with E-state index in [0.29, 0.717) is 19.8 Å². The van der Waals surface area contributed by atoms with Crippen LogP contribution in [-0.2, 0) is 19.0 Å². The molecule has 0 saturated carbocycles. The lowest BCUT2D eigenvalue weighted by molar-refractivity contribution is -0.353. The van der Waals surface area contributed by atoms with Crippen LogP contribution < -0.4 is 0 Å². The molecule has 0 N–H and O–H groups in total. The van der Waals surface area contributed by atoms with Gasteiger partial charge in [0.05, 0.1) is 36.0 Å². The first kappa shape index (κ1) is 18.0. The number of amides is 1. The summed E-state index contributed by atoms with van der Waals surface area (Å²) in [7, 11) is 0.859. The molecule has 0 rings (SSSR count). The second-order valence-electron chi connectivity index (χ2n) is 3.73. The van der Waals surface area contributed by atoms with E-state index in [2.05, 4.69) is 16.1 Å². The Hall–Kier alpha value is 0.0469. The van der Waals surface area contributed by atoms with Gasteiger partial charge in [-0.15, -0.1) is 0 Å². The average Bonchev–Trinajstić information content (AvgIpc) is 2.36. The van der Waals surface area contributed by atoms with Crippen molar-refractivity contribution in [2.45, 2.75) is 45.8 Å². The molecule has 0 fully saturated rings. The molecule has 5 nitrogen and oxygen atoms in total. The Balaban J connectivity index is 5.07. The Bertz CT molecular complexity index is 238. The first-order chi connectivity index (χ1) is 8.48. The van der Waals surface area contributed by atoms with Crippen LogP contribution >= 0.6 is 16.1 Å². The predicted molar refractivity (Wildman–Crippen MR) is 77.4 cm³/mol. The molecule has 0 aliphatic carbocycles. The van der Waals surface area contributed by atoms with Crippen LogP contribution in [0.5, 0.6) is 0 Å². The van der Waals surface area contributed by atoms with Crippen molar-refractivity contribution in [2.24, 2.45) is 0 Å². The molecule has 18 heavy (non-hydrogen) atoms. The van der Waals surface area contributed by atoms with E-state index in [1.807, 2.05) is 6.92 Å². The molecule has 1 atom stereocenters. The van der Waals surface area contributed by atoms with E-state index in [9.17, 15) is 4.79 Å². The van der Waals surface area contributed by atoms with Crippen molar-refractivity contribution in [1.29, 1.82) is 0 Å². The molecule has 0 aromatic carbocycles. The van der Waals surface area contributed by atoms with Crippen molar-refractivity contribution in [3.05, 3.63) is 0 Å².